The van der Waals surface area contributed by atoms with Crippen LogP contribution in [0.1, 0.15) is 5.56 Å². The average molecular weight is 462 g/mol. The van der Waals surface area contributed by atoms with Gasteiger partial charge < -0.3 is 10.1 Å². The number of hydrogen-bond donors (Lipinski definition) is 2. The van der Waals surface area contributed by atoms with Gasteiger partial charge in [-0.15, -0.1) is 0 Å². The summed E-state index contributed by atoms with van der Waals surface area (Å²) in [5.74, 6) is 0.935. The van der Waals surface area contributed by atoms with E-state index in [0.717, 1.165) is 31.8 Å². The molecular weight excluding hydrogens is 446 g/mol. The van der Waals surface area contributed by atoms with Crippen LogP contribution in [0.15, 0.2) is 59.3 Å². The van der Waals surface area contributed by atoms with Crippen LogP contribution in [0.2, 0.25) is 5.02 Å². The minimum absolute atomic E-state index is 0.180. The topological polar surface area (TPSA) is 75.6 Å². The molecule has 4 aromatic rings. The predicted molar refractivity (Wildman–Crippen MR) is 109 cm³/mol. The van der Waals surface area contributed by atoms with Gasteiger partial charge in [-0.3, -0.25) is 5.21 Å². The smallest absolute Gasteiger partial charge is 0.435 e. The molecule has 4 rings (SSSR count). The Morgan fingerprint density at radius 2 is 2.07 bits per heavy atom. The molecule has 0 unspecified atom stereocenters. The lowest BCUT2D eigenvalue weighted by Crippen LogP contribution is -2.32. The molecule has 0 amide bonds. The number of halogens is 2. The Hall–Kier alpha value is -2.84. The van der Waals surface area contributed by atoms with Crippen LogP contribution in [0.5, 0.6) is 5.88 Å². The number of nitrogens with one attached hydrogen (secondary N) is 1. The van der Waals surface area contributed by atoms with E-state index >= 15 is 0 Å². The van der Waals surface area contributed by atoms with Crippen molar-refractivity contribution in [1.29, 1.82) is 0 Å². The summed E-state index contributed by atoms with van der Waals surface area (Å²) in [7, 11) is 1.44. The quantitative estimate of drug-likeness (QED) is 0.348. The normalized spacial score (nSPS) is 11.0. The van der Waals surface area contributed by atoms with Crippen LogP contribution >= 0.6 is 27.5 Å². The Morgan fingerprint density at radius 3 is 2.79 bits per heavy atom. The second-order valence-corrected chi connectivity index (χ2v) is 7.29. The van der Waals surface area contributed by atoms with Gasteiger partial charge in [0.05, 0.1) is 23.5 Å². The molecule has 28 heavy (non-hydrogen) atoms. The van der Waals surface area contributed by atoms with Crippen LogP contribution in [0.3, 0.4) is 0 Å². The van der Waals surface area contributed by atoms with Gasteiger partial charge >= 0.3 is 5.88 Å². The molecule has 2 N–H and O–H groups in total. The number of rotatable bonds is 5. The first-order valence-electron chi connectivity index (χ1n) is 8.37. The van der Waals surface area contributed by atoms with Crippen molar-refractivity contribution in [3.63, 3.8) is 0 Å². The second-order valence-electron chi connectivity index (χ2n) is 6.02. The van der Waals surface area contributed by atoms with Crippen molar-refractivity contribution in [2.24, 2.45) is 0 Å². The molecule has 0 fully saturated rings. The van der Waals surface area contributed by atoms with Gasteiger partial charge in [0.25, 0.3) is 0 Å². The van der Waals surface area contributed by atoms with Gasteiger partial charge in [0.2, 0.25) is 6.20 Å². The Morgan fingerprint density at radius 1 is 1.29 bits per heavy atom. The molecule has 0 saturated heterocycles. The molecule has 0 radical (unpaired) electrons. The van der Waals surface area contributed by atoms with Gasteiger partial charge in [-0.05, 0) is 22.0 Å². The third-order valence-electron chi connectivity index (χ3n) is 4.18. The summed E-state index contributed by atoms with van der Waals surface area (Å²) in [5.41, 5.74) is 3.29. The van der Waals surface area contributed by atoms with E-state index in [2.05, 4.69) is 26.3 Å². The van der Waals surface area contributed by atoms with Gasteiger partial charge in [-0.1, -0.05) is 41.9 Å². The standard InChI is InChI=1S/C19H16BrClN5O2/c1-28-19-15(21)7-12(11-25(19)27)9-22-17-8-16(13-5-3-2-4-6-13)24-18-14(20)10-23-26(17)18/h2-8,10-11,22,27H,9H2,1H3/q+1. The highest BCUT2D eigenvalue weighted by Crippen LogP contribution is 2.26. The highest BCUT2D eigenvalue weighted by molar-refractivity contribution is 9.10. The SMILES string of the molecule is COc1c(Cl)cc(CNc2cc(-c3ccccc3)nc3c(Br)cnn23)c[n+]1O. The Labute approximate surface area is 174 Å². The zero-order valence-electron chi connectivity index (χ0n) is 14.8. The van der Waals surface area contributed by atoms with E-state index in [1.54, 1.807) is 16.8 Å². The molecule has 0 aliphatic carbocycles. The molecule has 0 bridgehead atoms. The largest absolute Gasteiger partial charge is 0.443 e. The van der Waals surface area contributed by atoms with Crippen LogP contribution in [-0.4, -0.2) is 26.9 Å². The number of anilines is 1. The zero-order chi connectivity index (χ0) is 19.7. The lowest BCUT2D eigenvalue weighted by Gasteiger charge is -2.11. The monoisotopic (exact) mass is 460 g/mol. The molecule has 0 spiro atoms. The van der Waals surface area contributed by atoms with E-state index < -0.39 is 0 Å². The minimum atomic E-state index is 0.180. The van der Waals surface area contributed by atoms with Crippen molar-refractivity contribution in [3.05, 3.63) is 69.9 Å². The van der Waals surface area contributed by atoms with Gasteiger partial charge in [-0.2, -0.15) is 9.61 Å². The zero-order valence-corrected chi connectivity index (χ0v) is 17.1. The van der Waals surface area contributed by atoms with Crippen LogP contribution in [0.25, 0.3) is 16.9 Å². The molecule has 0 saturated carbocycles. The molecule has 0 aliphatic rings. The Kier molecular flexibility index (Phi) is 5.06. The fourth-order valence-corrected chi connectivity index (χ4v) is 3.54. The van der Waals surface area contributed by atoms with Gasteiger partial charge in [-0.25, -0.2) is 4.98 Å². The Bertz CT molecular complexity index is 1130. The van der Waals surface area contributed by atoms with Crippen LogP contribution in [0.4, 0.5) is 5.82 Å². The van der Waals surface area contributed by atoms with Crippen LogP contribution in [-0.2, 0) is 6.54 Å². The second kappa shape index (κ2) is 7.65. The van der Waals surface area contributed by atoms with Crippen LogP contribution < -0.4 is 14.8 Å². The van der Waals surface area contributed by atoms with E-state index in [9.17, 15) is 5.21 Å². The third-order valence-corrected chi connectivity index (χ3v) is 5.01. The number of aromatic nitrogens is 4. The lowest BCUT2D eigenvalue weighted by atomic mass is 10.1. The fraction of sp³-hybridized carbons (Fsp3) is 0.105. The van der Waals surface area contributed by atoms with Crippen molar-refractivity contribution >= 4 is 39.0 Å². The molecule has 0 atom stereocenters. The summed E-state index contributed by atoms with van der Waals surface area (Å²) in [6.07, 6.45) is 3.24. The summed E-state index contributed by atoms with van der Waals surface area (Å²) >= 11 is 9.65. The number of hydrogen-bond acceptors (Lipinski definition) is 5. The minimum Gasteiger partial charge on any atom is -0.443 e. The number of nitrogens with zero attached hydrogens (tertiary/aromatic N) is 4. The number of benzene rings is 1. The maximum Gasteiger partial charge on any atom is 0.435 e. The van der Waals surface area contributed by atoms with Crippen molar-refractivity contribution in [2.45, 2.75) is 6.54 Å². The van der Waals surface area contributed by atoms with Crippen molar-refractivity contribution < 1.29 is 14.7 Å². The van der Waals surface area contributed by atoms with Crippen molar-refractivity contribution in [1.82, 2.24) is 14.6 Å². The summed E-state index contributed by atoms with van der Waals surface area (Å²) in [6, 6.07) is 13.6. The van der Waals surface area contributed by atoms with E-state index in [1.165, 1.54) is 13.3 Å². The molecular formula is C19H16BrClN5O2+. The predicted octanol–water partition coefficient (Wildman–Crippen LogP) is 3.96. The van der Waals surface area contributed by atoms with E-state index in [0.29, 0.717) is 17.2 Å². The first kappa shape index (κ1) is 18.5. The van der Waals surface area contributed by atoms with E-state index in [1.807, 2.05) is 36.4 Å². The highest BCUT2D eigenvalue weighted by atomic mass is 79.9. The first-order chi connectivity index (χ1) is 13.6. The number of methoxy groups -OCH3 is 1. The molecule has 0 aliphatic heterocycles. The molecule has 3 heterocycles. The van der Waals surface area contributed by atoms with Crippen molar-refractivity contribution in [3.8, 4) is 17.1 Å². The molecule has 9 heteroatoms. The number of fused-ring (bicyclic) bond motifs is 1. The maximum atomic E-state index is 9.98. The molecule has 1 aromatic carbocycles. The van der Waals surface area contributed by atoms with Gasteiger partial charge in [0.1, 0.15) is 5.82 Å². The van der Waals surface area contributed by atoms with E-state index in [-0.39, 0.29) is 5.88 Å². The number of pyridine rings is 1. The molecule has 142 valence electrons. The Balaban J connectivity index is 1.70. The molecule has 7 nitrogen and oxygen atoms in total. The van der Waals surface area contributed by atoms with Crippen LogP contribution in [0, 0.1) is 0 Å². The average Bonchev–Trinajstić information content (AvgIpc) is 3.08. The summed E-state index contributed by atoms with van der Waals surface area (Å²) in [5, 5.41) is 18.0. The number of ether oxygens (including phenoxy) is 1. The lowest BCUT2D eigenvalue weighted by molar-refractivity contribution is -0.906. The highest BCUT2D eigenvalue weighted by Gasteiger charge is 2.18. The summed E-state index contributed by atoms with van der Waals surface area (Å²) in [6.45, 7) is 0.412. The van der Waals surface area contributed by atoms with Crippen molar-refractivity contribution in [2.75, 3.05) is 12.4 Å². The fourth-order valence-electron chi connectivity index (χ4n) is 2.89. The molecule has 3 aromatic heterocycles. The van der Waals surface area contributed by atoms with E-state index in [4.69, 9.17) is 21.3 Å². The first-order valence-corrected chi connectivity index (χ1v) is 9.55. The third kappa shape index (κ3) is 3.48. The van der Waals surface area contributed by atoms with Gasteiger partial charge in [0.15, 0.2) is 10.7 Å². The maximum absolute atomic E-state index is 9.98. The summed E-state index contributed by atoms with van der Waals surface area (Å²) in [4.78, 5) is 4.70. The van der Waals surface area contributed by atoms with Gasteiger partial charge in [0, 0.05) is 28.5 Å². The summed E-state index contributed by atoms with van der Waals surface area (Å²) < 4.78 is 8.43.